The van der Waals surface area contributed by atoms with Crippen LogP contribution in [0.2, 0.25) is 0 Å². The number of nitrogen functional groups attached to an aromatic ring is 1. The summed E-state index contributed by atoms with van der Waals surface area (Å²) >= 11 is 0. The molecular formula is C17H22N2O. The zero-order valence-electron chi connectivity index (χ0n) is 12.2. The third kappa shape index (κ3) is 2.21. The van der Waals surface area contributed by atoms with E-state index >= 15 is 0 Å². The summed E-state index contributed by atoms with van der Waals surface area (Å²) in [6.45, 7) is 4.56. The highest BCUT2D eigenvalue weighted by Gasteiger charge is 2.30. The van der Waals surface area contributed by atoms with E-state index in [4.69, 9.17) is 5.73 Å². The number of hydrogen-bond donors (Lipinski definition) is 1. The minimum absolute atomic E-state index is 0.0586. The Hall–Kier alpha value is -1.77. The Morgan fingerprint density at radius 3 is 2.80 bits per heavy atom. The van der Waals surface area contributed by atoms with Gasteiger partial charge in [0.25, 0.3) is 5.56 Å². The van der Waals surface area contributed by atoms with Crippen molar-refractivity contribution in [2.75, 3.05) is 5.73 Å². The number of nitrogens with two attached hydrogens (primary N) is 1. The molecule has 1 aliphatic rings. The molecule has 0 radical (unpaired) electrons. The molecule has 1 atom stereocenters. The average Bonchev–Trinajstić information content (AvgIpc) is 2.37. The number of nitrogens with zero attached hydrogens (tertiary/aromatic N) is 1. The lowest BCUT2D eigenvalue weighted by molar-refractivity contribution is 0.182. The van der Waals surface area contributed by atoms with Gasteiger partial charge in [-0.15, -0.1) is 0 Å². The van der Waals surface area contributed by atoms with E-state index in [2.05, 4.69) is 13.8 Å². The number of benzene rings is 1. The summed E-state index contributed by atoms with van der Waals surface area (Å²) in [4.78, 5) is 12.7. The van der Waals surface area contributed by atoms with E-state index in [1.54, 1.807) is 0 Å². The third-order valence-electron chi connectivity index (χ3n) is 4.54. The second kappa shape index (κ2) is 4.65. The van der Waals surface area contributed by atoms with Gasteiger partial charge < -0.3 is 5.73 Å². The van der Waals surface area contributed by atoms with Crippen LogP contribution in [0.1, 0.15) is 45.6 Å². The van der Waals surface area contributed by atoms with Crippen LogP contribution >= 0.6 is 0 Å². The lowest BCUT2D eigenvalue weighted by atomic mass is 9.75. The molecule has 1 aromatic carbocycles. The molecule has 0 aliphatic heterocycles. The summed E-state index contributed by atoms with van der Waals surface area (Å²) in [6, 6.07) is 9.85. The summed E-state index contributed by atoms with van der Waals surface area (Å²) in [7, 11) is 0. The molecule has 3 heteroatoms. The van der Waals surface area contributed by atoms with Crippen molar-refractivity contribution in [3.05, 3.63) is 40.7 Å². The maximum absolute atomic E-state index is 12.7. The zero-order chi connectivity index (χ0) is 14.3. The van der Waals surface area contributed by atoms with Gasteiger partial charge in [0, 0.05) is 11.4 Å². The maximum Gasteiger partial charge on any atom is 0.260 e. The standard InChI is InChI=1S/C17H22N2O/c1-17(2)9-5-7-13(11-17)19-15(18)10-12-6-3-4-8-14(12)16(19)20/h3-4,6,8,10,13H,5,7,9,11,18H2,1-2H3. The van der Waals surface area contributed by atoms with Gasteiger partial charge in [-0.3, -0.25) is 9.36 Å². The van der Waals surface area contributed by atoms with Gasteiger partial charge in [0.15, 0.2) is 0 Å². The smallest absolute Gasteiger partial charge is 0.260 e. The lowest BCUT2D eigenvalue weighted by Gasteiger charge is -2.36. The van der Waals surface area contributed by atoms with Gasteiger partial charge in [0.2, 0.25) is 0 Å². The first-order valence-corrected chi connectivity index (χ1v) is 7.38. The summed E-state index contributed by atoms with van der Waals surface area (Å²) in [5.74, 6) is 0.594. The fourth-order valence-corrected chi connectivity index (χ4v) is 3.55. The van der Waals surface area contributed by atoms with E-state index in [0.717, 1.165) is 30.0 Å². The van der Waals surface area contributed by atoms with Crippen LogP contribution in [0.5, 0.6) is 0 Å². The minimum atomic E-state index is 0.0586. The van der Waals surface area contributed by atoms with Gasteiger partial charge >= 0.3 is 0 Å². The van der Waals surface area contributed by atoms with Crippen molar-refractivity contribution in [1.82, 2.24) is 4.57 Å². The predicted molar refractivity (Wildman–Crippen MR) is 83.9 cm³/mol. The van der Waals surface area contributed by atoms with E-state index < -0.39 is 0 Å². The Kier molecular flexibility index (Phi) is 3.08. The van der Waals surface area contributed by atoms with Crippen LogP contribution in [0.3, 0.4) is 0 Å². The van der Waals surface area contributed by atoms with Crippen LogP contribution in [-0.4, -0.2) is 4.57 Å². The first kappa shape index (κ1) is 13.2. The molecule has 0 bridgehead atoms. The van der Waals surface area contributed by atoms with Crippen molar-refractivity contribution in [1.29, 1.82) is 0 Å². The molecule has 3 rings (SSSR count). The van der Waals surface area contributed by atoms with Crippen LogP contribution in [0.25, 0.3) is 10.8 Å². The van der Waals surface area contributed by atoms with Gasteiger partial charge in [-0.25, -0.2) is 0 Å². The van der Waals surface area contributed by atoms with Crippen molar-refractivity contribution in [2.24, 2.45) is 5.41 Å². The zero-order valence-corrected chi connectivity index (χ0v) is 12.2. The number of rotatable bonds is 1. The molecule has 1 fully saturated rings. The SMILES string of the molecule is CC1(C)CCCC(n2c(N)cc3ccccc3c2=O)C1. The third-order valence-corrected chi connectivity index (χ3v) is 4.54. The molecule has 1 aliphatic carbocycles. The van der Waals surface area contributed by atoms with Gasteiger partial charge in [0.05, 0.1) is 0 Å². The summed E-state index contributed by atoms with van der Waals surface area (Å²) in [5, 5.41) is 1.70. The lowest BCUT2D eigenvalue weighted by Crippen LogP contribution is -2.33. The van der Waals surface area contributed by atoms with Gasteiger partial charge in [-0.1, -0.05) is 38.5 Å². The van der Waals surface area contributed by atoms with Gasteiger partial charge in [0.1, 0.15) is 5.82 Å². The highest BCUT2D eigenvalue weighted by Crippen LogP contribution is 2.41. The molecule has 20 heavy (non-hydrogen) atoms. The second-order valence-corrected chi connectivity index (χ2v) is 6.75. The fourth-order valence-electron chi connectivity index (χ4n) is 3.55. The molecule has 0 saturated heterocycles. The molecule has 0 amide bonds. The van der Waals surface area contributed by atoms with Crippen molar-refractivity contribution in [3.63, 3.8) is 0 Å². The molecule has 3 nitrogen and oxygen atoms in total. The monoisotopic (exact) mass is 270 g/mol. The van der Waals surface area contributed by atoms with E-state index in [9.17, 15) is 4.79 Å². The predicted octanol–water partition coefficient (Wildman–Crippen LogP) is 3.73. The van der Waals surface area contributed by atoms with E-state index in [1.165, 1.54) is 6.42 Å². The van der Waals surface area contributed by atoms with E-state index in [0.29, 0.717) is 11.2 Å². The van der Waals surface area contributed by atoms with Crippen LogP contribution in [0.15, 0.2) is 35.1 Å². The number of hydrogen-bond acceptors (Lipinski definition) is 2. The normalized spacial score (nSPS) is 22.0. The Morgan fingerprint density at radius 2 is 2.05 bits per heavy atom. The molecular weight excluding hydrogens is 248 g/mol. The highest BCUT2D eigenvalue weighted by molar-refractivity contribution is 5.83. The largest absolute Gasteiger partial charge is 0.385 e. The van der Waals surface area contributed by atoms with E-state index in [-0.39, 0.29) is 11.6 Å². The topological polar surface area (TPSA) is 48.0 Å². The molecule has 106 valence electrons. The Bertz CT molecular complexity index is 700. The van der Waals surface area contributed by atoms with Crippen LogP contribution in [-0.2, 0) is 0 Å². The number of aromatic nitrogens is 1. The Morgan fingerprint density at radius 1 is 1.30 bits per heavy atom. The highest BCUT2D eigenvalue weighted by atomic mass is 16.1. The Labute approximate surface area is 119 Å². The number of pyridine rings is 1. The van der Waals surface area contributed by atoms with Crippen molar-refractivity contribution >= 4 is 16.6 Å². The second-order valence-electron chi connectivity index (χ2n) is 6.75. The summed E-state index contributed by atoms with van der Waals surface area (Å²) < 4.78 is 1.82. The average molecular weight is 270 g/mol. The maximum atomic E-state index is 12.7. The summed E-state index contributed by atoms with van der Waals surface area (Å²) in [5.41, 5.74) is 6.52. The first-order valence-electron chi connectivity index (χ1n) is 7.38. The fraction of sp³-hybridized carbons (Fsp3) is 0.471. The van der Waals surface area contributed by atoms with Crippen molar-refractivity contribution in [2.45, 2.75) is 45.6 Å². The minimum Gasteiger partial charge on any atom is -0.385 e. The Balaban J connectivity index is 2.14. The van der Waals surface area contributed by atoms with Crippen LogP contribution in [0, 0.1) is 5.41 Å². The first-order chi connectivity index (χ1) is 9.48. The molecule has 0 spiro atoms. The van der Waals surface area contributed by atoms with Crippen LogP contribution < -0.4 is 11.3 Å². The molecule has 2 aromatic rings. The number of fused-ring (bicyclic) bond motifs is 1. The molecule has 1 saturated carbocycles. The number of anilines is 1. The molecule has 1 aromatic heterocycles. The van der Waals surface area contributed by atoms with E-state index in [1.807, 2.05) is 34.9 Å². The molecule has 2 N–H and O–H groups in total. The van der Waals surface area contributed by atoms with Gasteiger partial charge in [-0.05, 0) is 42.2 Å². The van der Waals surface area contributed by atoms with Crippen LogP contribution in [0.4, 0.5) is 5.82 Å². The summed E-state index contributed by atoms with van der Waals surface area (Å²) in [6.07, 6.45) is 4.46. The van der Waals surface area contributed by atoms with Crippen molar-refractivity contribution in [3.8, 4) is 0 Å². The molecule has 1 unspecified atom stereocenters. The van der Waals surface area contributed by atoms with Crippen molar-refractivity contribution < 1.29 is 0 Å². The van der Waals surface area contributed by atoms with Gasteiger partial charge in [-0.2, -0.15) is 0 Å². The molecule has 1 heterocycles. The quantitative estimate of drug-likeness (QED) is 0.858.